The second kappa shape index (κ2) is 5.76. The first-order chi connectivity index (χ1) is 7.74. The predicted octanol–water partition coefficient (Wildman–Crippen LogP) is 2.93. The third-order valence-electron chi connectivity index (χ3n) is 2.30. The van der Waals surface area contributed by atoms with Crippen molar-refractivity contribution in [2.75, 3.05) is 0 Å². The zero-order valence-electron chi connectivity index (χ0n) is 10.1. The number of rotatable bonds is 2. The molecule has 0 aliphatic heterocycles. The van der Waals surface area contributed by atoms with Crippen LogP contribution in [0.5, 0.6) is 0 Å². The van der Waals surface area contributed by atoms with Crippen LogP contribution in [0.3, 0.4) is 0 Å². The first kappa shape index (κ1) is 12.9. The molecule has 0 aliphatic carbocycles. The molecule has 84 valence electrons. The van der Waals surface area contributed by atoms with Gasteiger partial charge in [-0.2, -0.15) is 0 Å². The number of aliphatic hydroxyl groups excluding tert-OH is 1. The van der Waals surface area contributed by atoms with Crippen LogP contribution in [0.1, 0.15) is 30.7 Å². The van der Waals surface area contributed by atoms with Gasteiger partial charge in [0.2, 0.25) is 0 Å². The fourth-order valence-corrected chi connectivity index (χ4v) is 1.65. The van der Waals surface area contributed by atoms with E-state index in [1.54, 1.807) is 0 Å². The van der Waals surface area contributed by atoms with E-state index in [9.17, 15) is 0 Å². The predicted molar refractivity (Wildman–Crippen MR) is 67.7 cm³/mol. The van der Waals surface area contributed by atoms with Gasteiger partial charge in [-0.3, -0.25) is 0 Å². The summed E-state index contributed by atoms with van der Waals surface area (Å²) < 4.78 is 5.54. The van der Waals surface area contributed by atoms with E-state index in [1.807, 2.05) is 39.0 Å². The molecule has 2 aromatic rings. The third kappa shape index (κ3) is 2.47. The van der Waals surface area contributed by atoms with Crippen molar-refractivity contribution in [3.63, 3.8) is 0 Å². The Labute approximate surface area is 97.7 Å². The van der Waals surface area contributed by atoms with Gasteiger partial charge in [0.25, 0.3) is 0 Å². The summed E-state index contributed by atoms with van der Waals surface area (Å²) in [5.41, 5.74) is 2.80. The molecule has 1 heterocycles. The first-order valence-corrected chi connectivity index (χ1v) is 5.57. The van der Waals surface area contributed by atoms with Crippen molar-refractivity contribution in [3.05, 3.63) is 35.1 Å². The minimum Gasteiger partial charge on any atom is -0.462 e. The van der Waals surface area contributed by atoms with E-state index < -0.39 is 0 Å². The van der Waals surface area contributed by atoms with Crippen LogP contribution in [0.25, 0.3) is 11.0 Å². The number of benzene rings is 1. The number of hydrogen-bond donors (Lipinski definition) is 1. The number of aliphatic hydroxyl groups is 1. The Balaban J connectivity index is 0.000000606. The lowest BCUT2D eigenvalue weighted by atomic mass is 10.0. The fourth-order valence-electron chi connectivity index (χ4n) is 1.65. The standard InChI is InChI=1S/C11H11BO2.C2H6/c1-7-2-8(6-13)3-9-4-10(5-12)14-11(7)9;1-2/h2-4,13H,5-6H2,1H3;1-2H3. The van der Waals surface area contributed by atoms with Gasteiger partial charge in [0.15, 0.2) is 0 Å². The average Bonchev–Trinajstić information content (AvgIpc) is 2.75. The van der Waals surface area contributed by atoms with E-state index in [-0.39, 0.29) is 6.61 Å². The lowest BCUT2D eigenvalue weighted by Gasteiger charge is -1.98. The quantitative estimate of drug-likeness (QED) is 0.783. The van der Waals surface area contributed by atoms with Crippen LogP contribution in [0.2, 0.25) is 0 Å². The lowest BCUT2D eigenvalue weighted by molar-refractivity contribution is 0.282. The van der Waals surface area contributed by atoms with Crippen LogP contribution < -0.4 is 0 Å². The minimum atomic E-state index is 0.0555. The van der Waals surface area contributed by atoms with Gasteiger partial charge in [-0.05, 0) is 36.5 Å². The second-order valence-corrected chi connectivity index (χ2v) is 3.41. The van der Waals surface area contributed by atoms with E-state index in [1.165, 1.54) is 0 Å². The summed E-state index contributed by atoms with van der Waals surface area (Å²) in [5, 5.41) is 10.0. The van der Waals surface area contributed by atoms with Gasteiger partial charge in [-0.1, -0.05) is 19.9 Å². The van der Waals surface area contributed by atoms with Crippen molar-refractivity contribution in [1.29, 1.82) is 0 Å². The van der Waals surface area contributed by atoms with Crippen molar-refractivity contribution in [1.82, 2.24) is 0 Å². The highest BCUT2D eigenvalue weighted by molar-refractivity contribution is 6.08. The summed E-state index contributed by atoms with van der Waals surface area (Å²) in [6.45, 7) is 6.02. The molecule has 3 heteroatoms. The van der Waals surface area contributed by atoms with E-state index in [0.717, 1.165) is 27.9 Å². The first-order valence-electron chi connectivity index (χ1n) is 5.57. The number of hydrogen-bond acceptors (Lipinski definition) is 2. The van der Waals surface area contributed by atoms with E-state index in [4.69, 9.17) is 17.4 Å². The number of fused-ring (bicyclic) bond motifs is 1. The molecule has 2 nitrogen and oxygen atoms in total. The van der Waals surface area contributed by atoms with E-state index >= 15 is 0 Å². The molecule has 0 atom stereocenters. The molecule has 0 amide bonds. The normalized spacial score (nSPS) is 10.0. The van der Waals surface area contributed by atoms with Crippen molar-refractivity contribution >= 4 is 18.8 Å². The molecule has 0 fully saturated rings. The molecule has 0 bridgehead atoms. The smallest absolute Gasteiger partial charge is 0.137 e. The molecule has 2 rings (SSSR count). The topological polar surface area (TPSA) is 33.4 Å². The van der Waals surface area contributed by atoms with Crippen LogP contribution in [0, 0.1) is 6.92 Å². The Morgan fingerprint density at radius 1 is 1.25 bits per heavy atom. The van der Waals surface area contributed by atoms with E-state index in [0.29, 0.717) is 6.32 Å². The molecule has 2 radical (unpaired) electrons. The van der Waals surface area contributed by atoms with Crippen LogP contribution >= 0.6 is 0 Å². The second-order valence-electron chi connectivity index (χ2n) is 3.41. The molecule has 0 aliphatic rings. The zero-order valence-corrected chi connectivity index (χ0v) is 10.1. The third-order valence-corrected chi connectivity index (χ3v) is 2.30. The van der Waals surface area contributed by atoms with Gasteiger partial charge in [0, 0.05) is 5.39 Å². The molecule has 0 unspecified atom stereocenters. The van der Waals surface area contributed by atoms with Crippen molar-refractivity contribution in [2.45, 2.75) is 33.7 Å². The largest absolute Gasteiger partial charge is 0.462 e. The monoisotopic (exact) mass is 216 g/mol. The van der Waals surface area contributed by atoms with Crippen molar-refractivity contribution in [2.24, 2.45) is 0 Å². The summed E-state index contributed by atoms with van der Waals surface area (Å²) in [4.78, 5) is 0. The van der Waals surface area contributed by atoms with Crippen LogP contribution in [-0.4, -0.2) is 13.0 Å². The molecular weight excluding hydrogens is 199 g/mol. The Bertz CT molecular complexity index is 460. The Kier molecular flexibility index (Phi) is 4.62. The zero-order chi connectivity index (χ0) is 12.1. The number of aryl methyl sites for hydroxylation is 1. The van der Waals surface area contributed by atoms with Gasteiger partial charge < -0.3 is 9.52 Å². The Hall–Kier alpha value is -1.22. The molecule has 0 spiro atoms. The summed E-state index contributed by atoms with van der Waals surface area (Å²) in [7, 11) is 5.49. The molecule has 1 aromatic heterocycles. The average molecular weight is 216 g/mol. The highest BCUT2D eigenvalue weighted by Crippen LogP contribution is 2.24. The molecule has 0 saturated carbocycles. The van der Waals surface area contributed by atoms with Gasteiger partial charge >= 0.3 is 0 Å². The van der Waals surface area contributed by atoms with Crippen LogP contribution in [-0.2, 0) is 12.9 Å². The number of furan rings is 1. The van der Waals surface area contributed by atoms with Gasteiger partial charge in [-0.25, -0.2) is 0 Å². The van der Waals surface area contributed by atoms with Crippen LogP contribution in [0.4, 0.5) is 0 Å². The summed E-state index contributed by atoms with van der Waals surface area (Å²) in [6.07, 6.45) is 0.405. The molecule has 16 heavy (non-hydrogen) atoms. The van der Waals surface area contributed by atoms with Gasteiger partial charge in [0.1, 0.15) is 5.58 Å². The summed E-state index contributed by atoms with van der Waals surface area (Å²) in [5.74, 6) is 0.776. The Morgan fingerprint density at radius 2 is 1.94 bits per heavy atom. The Morgan fingerprint density at radius 3 is 2.50 bits per heavy atom. The van der Waals surface area contributed by atoms with Crippen molar-refractivity contribution in [3.8, 4) is 0 Å². The lowest BCUT2D eigenvalue weighted by Crippen LogP contribution is -1.84. The van der Waals surface area contributed by atoms with E-state index in [2.05, 4.69) is 0 Å². The van der Waals surface area contributed by atoms with Gasteiger partial charge in [0.05, 0.1) is 20.2 Å². The van der Waals surface area contributed by atoms with Gasteiger partial charge in [-0.15, -0.1) is 0 Å². The maximum atomic E-state index is 9.03. The highest BCUT2D eigenvalue weighted by Gasteiger charge is 2.06. The molecular formula is C13H17BO2. The van der Waals surface area contributed by atoms with Crippen LogP contribution in [0.15, 0.2) is 22.6 Å². The summed E-state index contributed by atoms with van der Waals surface area (Å²) >= 11 is 0. The molecule has 0 saturated heterocycles. The molecule has 1 N–H and O–H groups in total. The fraction of sp³-hybridized carbons (Fsp3) is 0.385. The summed E-state index contributed by atoms with van der Waals surface area (Å²) in [6, 6.07) is 5.76. The molecule has 1 aromatic carbocycles. The maximum absolute atomic E-state index is 9.03. The highest BCUT2D eigenvalue weighted by atomic mass is 16.3. The SMILES string of the molecule is CC.[B]Cc1cc2cc(CO)cc(C)c2o1. The minimum absolute atomic E-state index is 0.0555. The maximum Gasteiger partial charge on any atom is 0.137 e. The van der Waals surface area contributed by atoms with Crippen molar-refractivity contribution < 1.29 is 9.52 Å².